The normalized spacial score (nSPS) is 17.0. The fraction of sp³-hybridized carbons (Fsp3) is 0.500. The molecule has 8 nitrogen and oxygen atoms in total. The van der Waals surface area contributed by atoms with Gasteiger partial charge in [-0.3, -0.25) is 4.98 Å². The van der Waals surface area contributed by atoms with Crippen molar-refractivity contribution < 1.29 is 21.6 Å². The van der Waals surface area contributed by atoms with Gasteiger partial charge in [-0.05, 0) is 52.5 Å². The number of rotatable bonds is 7. The van der Waals surface area contributed by atoms with E-state index in [0.717, 1.165) is 12.3 Å². The van der Waals surface area contributed by atoms with Crippen LogP contribution < -0.4 is 5.32 Å². The molecule has 0 saturated carbocycles. The number of halogens is 3. The van der Waals surface area contributed by atoms with Gasteiger partial charge in [0.1, 0.15) is 6.07 Å². The van der Waals surface area contributed by atoms with Gasteiger partial charge in [0.2, 0.25) is 16.0 Å². The number of allylic oxidation sites excluding steroid dienone is 1. The molecule has 36 heavy (non-hydrogen) atoms. The number of pyridine rings is 1. The molecule has 2 aromatic rings. The zero-order chi connectivity index (χ0) is 26.7. The second-order valence-corrected chi connectivity index (χ2v) is 11.0. The molecule has 0 bridgehead atoms. The maximum absolute atomic E-state index is 13.3. The monoisotopic (exact) mass is 522 g/mol. The van der Waals surface area contributed by atoms with Crippen LogP contribution in [0.5, 0.6) is 0 Å². The molecule has 2 aromatic heterocycles. The molecule has 1 aliphatic rings. The van der Waals surface area contributed by atoms with E-state index in [1.807, 2.05) is 13.0 Å². The van der Waals surface area contributed by atoms with Crippen LogP contribution in [0, 0.1) is 24.2 Å². The Bertz CT molecular complexity index is 1280. The van der Waals surface area contributed by atoms with Crippen molar-refractivity contribution in [1.82, 2.24) is 19.3 Å². The Morgan fingerprint density at radius 2 is 1.97 bits per heavy atom. The summed E-state index contributed by atoms with van der Waals surface area (Å²) in [5.41, 5.74) is 0.382. The smallest absolute Gasteiger partial charge is 0.351 e. The second-order valence-electron chi connectivity index (χ2n) is 8.69. The third-order valence-electron chi connectivity index (χ3n) is 6.48. The number of alkyl halides is 3. The molecular weight excluding hydrogens is 493 g/mol. The van der Waals surface area contributed by atoms with Gasteiger partial charge in [-0.15, -0.1) is 0 Å². The third kappa shape index (κ3) is 6.02. The van der Waals surface area contributed by atoms with Gasteiger partial charge >= 0.3 is 6.18 Å². The number of aryl methyl sites for hydroxylation is 1. The summed E-state index contributed by atoms with van der Waals surface area (Å²) in [7, 11) is -3.22. The highest BCUT2D eigenvalue weighted by Crippen LogP contribution is 2.34. The van der Waals surface area contributed by atoms with E-state index in [1.54, 1.807) is 26.8 Å². The predicted molar refractivity (Wildman–Crippen MR) is 130 cm³/mol. The summed E-state index contributed by atoms with van der Waals surface area (Å²) < 4.78 is 65.7. The van der Waals surface area contributed by atoms with E-state index < -0.39 is 21.8 Å². The minimum Gasteiger partial charge on any atom is -0.351 e. The molecule has 3 heterocycles. The fourth-order valence-corrected chi connectivity index (χ4v) is 5.41. The lowest BCUT2D eigenvalue weighted by atomic mass is 9.91. The Morgan fingerprint density at radius 3 is 2.53 bits per heavy atom. The van der Waals surface area contributed by atoms with Crippen LogP contribution in [0.4, 0.5) is 19.1 Å². The van der Waals surface area contributed by atoms with Crippen molar-refractivity contribution in [3.8, 4) is 6.07 Å². The van der Waals surface area contributed by atoms with Crippen LogP contribution >= 0.6 is 0 Å². The van der Waals surface area contributed by atoms with Crippen molar-refractivity contribution in [2.24, 2.45) is 5.92 Å². The summed E-state index contributed by atoms with van der Waals surface area (Å²) in [6.45, 7) is 7.72. The SMILES string of the molecule is C/C=C(\c1cc(C(F)(F)F)cnc1C)c1nc(NC(C)C2CCN(S(=O)(=O)CC)CC2)ncc1C#N. The number of piperidine rings is 1. The average molecular weight is 523 g/mol. The van der Waals surface area contributed by atoms with Crippen molar-refractivity contribution in [2.45, 2.75) is 52.8 Å². The van der Waals surface area contributed by atoms with Crippen LogP contribution in [0.25, 0.3) is 5.57 Å². The summed E-state index contributed by atoms with van der Waals surface area (Å²) in [6, 6.07) is 2.93. The van der Waals surface area contributed by atoms with Crippen molar-refractivity contribution in [1.29, 1.82) is 5.26 Å². The van der Waals surface area contributed by atoms with Crippen LogP contribution in [-0.2, 0) is 16.2 Å². The average Bonchev–Trinajstić information content (AvgIpc) is 2.85. The van der Waals surface area contributed by atoms with Crippen LogP contribution in [0.15, 0.2) is 24.5 Å². The lowest BCUT2D eigenvalue weighted by Crippen LogP contribution is -2.42. The first-order valence-electron chi connectivity index (χ1n) is 11.6. The molecule has 3 rings (SSSR count). The largest absolute Gasteiger partial charge is 0.417 e. The molecule has 0 spiro atoms. The highest BCUT2D eigenvalue weighted by atomic mass is 32.2. The van der Waals surface area contributed by atoms with Gasteiger partial charge in [0.05, 0.1) is 28.8 Å². The maximum atomic E-state index is 13.3. The lowest BCUT2D eigenvalue weighted by molar-refractivity contribution is -0.137. The maximum Gasteiger partial charge on any atom is 0.417 e. The Morgan fingerprint density at radius 1 is 1.31 bits per heavy atom. The number of aromatic nitrogens is 3. The first-order valence-corrected chi connectivity index (χ1v) is 13.2. The Kier molecular flexibility index (Phi) is 8.36. The van der Waals surface area contributed by atoms with E-state index in [4.69, 9.17) is 0 Å². The molecular formula is C24H29F3N6O2S. The van der Waals surface area contributed by atoms with E-state index in [1.165, 1.54) is 10.5 Å². The number of hydrogen-bond donors (Lipinski definition) is 1. The molecule has 12 heteroatoms. The number of hydrogen-bond acceptors (Lipinski definition) is 7. The summed E-state index contributed by atoms with van der Waals surface area (Å²) in [6.07, 6.45) is 0.505. The topological polar surface area (TPSA) is 112 Å². The zero-order valence-corrected chi connectivity index (χ0v) is 21.4. The van der Waals surface area contributed by atoms with Crippen molar-refractivity contribution in [3.63, 3.8) is 0 Å². The summed E-state index contributed by atoms with van der Waals surface area (Å²) in [4.78, 5) is 12.6. The van der Waals surface area contributed by atoms with Crippen LogP contribution in [0.1, 0.15) is 61.7 Å². The Balaban J connectivity index is 1.86. The van der Waals surface area contributed by atoms with E-state index >= 15 is 0 Å². The summed E-state index contributed by atoms with van der Waals surface area (Å²) >= 11 is 0. The Labute approximate surface area is 209 Å². The van der Waals surface area contributed by atoms with Crippen LogP contribution in [0.2, 0.25) is 0 Å². The quantitative estimate of drug-likeness (QED) is 0.574. The van der Waals surface area contributed by atoms with Gasteiger partial charge in [0, 0.05) is 42.2 Å². The van der Waals surface area contributed by atoms with Gasteiger partial charge in [-0.1, -0.05) is 6.08 Å². The van der Waals surface area contributed by atoms with Gasteiger partial charge < -0.3 is 5.32 Å². The minimum atomic E-state index is -4.56. The van der Waals surface area contributed by atoms with E-state index in [9.17, 15) is 26.9 Å². The highest BCUT2D eigenvalue weighted by molar-refractivity contribution is 7.89. The standard InChI is InChI=1S/C24H29F3N6O2S/c1-5-20(21-11-19(24(25,26)27)14-29-16(21)4)22-18(12-28)13-30-23(32-22)31-15(3)17-7-9-33(10-8-17)36(34,35)6-2/h5,11,13-15,17H,6-10H2,1-4H3,(H,30,31,32)/b20-5+. The predicted octanol–water partition coefficient (Wildman–Crippen LogP) is 4.38. The molecule has 1 N–H and O–H groups in total. The fourth-order valence-electron chi connectivity index (χ4n) is 4.28. The van der Waals surface area contributed by atoms with Crippen LogP contribution in [-0.4, -0.2) is 52.6 Å². The van der Waals surface area contributed by atoms with E-state index in [0.29, 0.717) is 37.2 Å². The molecule has 0 aliphatic carbocycles. The zero-order valence-electron chi connectivity index (χ0n) is 20.6. The van der Waals surface area contributed by atoms with Crippen molar-refractivity contribution >= 4 is 21.5 Å². The molecule has 1 unspecified atom stereocenters. The number of nitrogens with zero attached hydrogens (tertiary/aromatic N) is 5. The third-order valence-corrected chi connectivity index (χ3v) is 8.36. The molecule has 1 aliphatic heterocycles. The minimum absolute atomic E-state index is 0.0709. The van der Waals surface area contributed by atoms with Gasteiger partial charge in [0.25, 0.3) is 0 Å². The van der Waals surface area contributed by atoms with Crippen molar-refractivity contribution in [2.75, 3.05) is 24.2 Å². The number of nitriles is 1. The first kappa shape index (κ1) is 27.5. The molecule has 0 amide bonds. The van der Waals surface area contributed by atoms with Gasteiger partial charge in [-0.2, -0.15) is 18.4 Å². The first-order chi connectivity index (χ1) is 16.9. The molecule has 1 fully saturated rings. The molecule has 1 atom stereocenters. The second kappa shape index (κ2) is 10.9. The number of anilines is 1. The van der Waals surface area contributed by atoms with Gasteiger partial charge in [0.15, 0.2) is 0 Å². The molecule has 1 saturated heterocycles. The summed E-state index contributed by atoms with van der Waals surface area (Å²) in [5, 5.41) is 12.9. The lowest BCUT2D eigenvalue weighted by Gasteiger charge is -2.34. The van der Waals surface area contributed by atoms with Crippen LogP contribution in [0.3, 0.4) is 0 Å². The molecule has 0 radical (unpaired) electrons. The molecule has 0 aromatic carbocycles. The van der Waals surface area contributed by atoms with E-state index in [-0.39, 0.29) is 40.5 Å². The molecule has 194 valence electrons. The summed E-state index contributed by atoms with van der Waals surface area (Å²) in [5.74, 6) is 0.478. The Hall–Kier alpha value is -3.04. The number of sulfonamides is 1. The number of nitrogens with one attached hydrogen (secondary N) is 1. The van der Waals surface area contributed by atoms with E-state index in [2.05, 4.69) is 20.3 Å². The highest BCUT2D eigenvalue weighted by Gasteiger charge is 2.32. The van der Waals surface area contributed by atoms with Gasteiger partial charge in [-0.25, -0.2) is 22.7 Å². The van der Waals surface area contributed by atoms with Crippen molar-refractivity contribution in [3.05, 3.63) is 52.6 Å².